The predicted molar refractivity (Wildman–Crippen MR) is 95.5 cm³/mol. The van der Waals surface area contributed by atoms with E-state index in [1.807, 2.05) is 0 Å². The number of fused-ring (bicyclic) bond motifs is 2. The van der Waals surface area contributed by atoms with Gasteiger partial charge in [0, 0.05) is 13.6 Å². The number of halogens is 4. The fourth-order valence-electron chi connectivity index (χ4n) is 3.52. The number of aryl methyl sites for hydroxylation is 1. The van der Waals surface area contributed by atoms with Gasteiger partial charge in [-0.1, -0.05) is 6.92 Å². The van der Waals surface area contributed by atoms with Crippen molar-refractivity contribution >= 4 is 20.9 Å². The largest absolute Gasteiger partial charge is 0.433 e. The average molecular weight is 431 g/mol. The summed E-state index contributed by atoms with van der Waals surface area (Å²) in [7, 11) is -2.28. The van der Waals surface area contributed by atoms with Crippen LogP contribution < -0.4 is 0 Å². The van der Waals surface area contributed by atoms with E-state index in [0.717, 1.165) is 12.3 Å². The fraction of sp³-hybridized carbons (Fsp3) is 0.471. The number of pyridine rings is 1. The molecular formula is C17H17F4N5O2S. The highest BCUT2D eigenvalue weighted by Gasteiger charge is 2.36. The summed E-state index contributed by atoms with van der Waals surface area (Å²) in [5.74, 6) is -0.187. The molecule has 0 saturated carbocycles. The van der Waals surface area contributed by atoms with E-state index in [-0.39, 0.29) is 45.6 Å². The van der Waals surface area contributed by atoms with Gasteiger partial charge in [-0.2, -0.15) is 13.2 Å². The summed E-state index contributed by atoms with van der Waals surface area (Å²) in [4.78, 5) is 11.8. The third kappa shape index (κ3) is 3.09. The molecule has 0 fully saturated rings. The topological polar surface area (TPSA) is 82.7 Å². The molecule has 0 bridgehead atoms. The molecule has 1 unspecified atom stereocenters. The lowest BCUT2D eigenvalue weighted by molar-refractivity contribution is -0.141. The summed E-state index contributed by atoms with van der Waals surface area (Å²) in [5, 5.41) is -0.153. The second-order valence-electron chi connectivity index (χ2n) is 6.84. The monoisotopic (exact) mass is 431 g/mol. The molecule has 1 aliphatic rings. The van der Waals surface area contributed by atoms with Crippen molar-refractivity contribution in [2.45, 2.75) is 43.7 Å². The van der Waals surface area contributed by atoms with Crippen LogP contribution in [0.4, 0.5) is 17.6 Å². The highest BCUT2D eigenvalue weighted by Crippen LogP contribution is 2.37. The number of aromatic nitrogens is 5. The first-order chi connectivity index (χ1) is 13.5. The highest BCUT2D eigenvalue weighted by molar-refractivity contribution is 7.91. The van der Waals surface area contributed by atoms with E-state index in [2.05, 4.69) is 15.0 Å². The van der Waals surface area contributed by atoms with Gasteiger partial charge in [-0.3, -0.25) is 0 Å². The lowest BCUT2D eigenvalue weighted by Crippen LogP contribution is -2.19. The first-order valence-corrected chi connectivity index (χ1v) is 10.6. The van der Waals surface area contributed by atoms with Crippen LogP contribution in [0, 0.1) is 0 Å². The van der Waals surface area contributed by atoms with Crippen LogP contribution in [0.3, 0.4) is 0 Å². The molecule has 1 aliphatic heterocycles. The minimum atomic E-state index is -4.64. The van der Waals surface area contributed by atoms with Crippen molar-refractivity contribution in [3.8, 4) is 11.5 Å². The van der Waals surface area contributed by atoms with E-state index in [9.17, 15) is 26.0 Å². The third-order valence-corrected chi connectivity index (χ3v) is 6.78. The van der Waals surface area contributed by atoms with E-state index in [1.54, 1.807) is 0 Å². The van der Waals surface area contributed by atoms with Crippen LogP contribution in [-0.2, 0) is 29.6 Å². The lowest BCUT2D eigenvalue weighted by Gasteiger charge is -2.19. The molecule has 0 aromatic carbocycles. The number of nitrogens with zero attached hydrogens (tertiary/aromatic N) is 5. The molecule has 4 heterocycles. The van der Waals surface area contributed by atoms with Gasteiger partial charge in [-0.25, -0.2) is 27.8 Å². The number of alkyl halides is 4. The van der Waals surface area contributed by atoms with Crippen molar-refractivity contribution in [1.82, 2.24) is 24.1 Å². The second-order valence-corrected chi connectivity index (χ2v) is 9.03. The minimum Gasteiger partial charge on any atom is -0.324 e. The van der Waals surface area contributed by atoms with Crippen LogP contribution in [-0.4, -0.2) is 38.3 Å². The molecular weight excluding hydrogens is 414 g/mol. The number of hydrogen-bond donors (Lipinski definition) is 0. The highest BCUT2D eigenvalue weighted by atomic mass is 32.2. The number of hydrogen-bond acceptors (Lipinski definition) is 5. The molecule has 12 heteroatoms. The quantitative estimate of drug-likeness (QED) is 0.594. The molecule has 7 nitrogen and oxygen atoms in total. The van der Waals surface area contributed by atoms with Gasteiger partial charge in [-0.15, -0.1) is 0 Å². The Bertz CT molecular complexity index is 1210. The van der Waals surface area contributed by atoms with Crippen LogP contribution in [0.1, 0.15) is 37.5 Å². The summed E-state index contributed by atoms with van der Waals surface area (Å²) < 4.78 is 81.7. The minimum absolute atomic E-state index is 0.000522. The van der Waals surface area contributed by atoms with Crippen molar-refractivity contribution in [1.29, 1.82) is 0 Å². The van der Waals surface area contributed by atoms with E-state index in [1.165, 1.54) is 23.1 Å². The molecule has 0 amide bonds. The molecule has 0 saturated heterocycles. The molecule has 4 rings (SSSR count). The Morgan fingerprint density at radius 3 is 2.66 bits per heavy atom. The Kier molecular flexibility index (Phi) is 4.44. The van der Waals surface area contributed by atoms with Gasteiger partial charge in [0.05, 0.1) is 23.0 Å². The number of imidazole rings is 2. The zero-order valence-corrected chi connectivity index (χ0v) is 16.3. The Morgan fingerprint density at radius 2 is 2.00 bits per heavy atom. The van der Waals surface area contributed by atoms with Crippen molar-refractivity contribution in [2.24, 2.45) is 7.05 Å². The maximum absolute atomic E-state index is 14.4. The van der Waals surface area contributed by atoms with Gasteiger partial charge in [-0.05, 0) is 18.9 Å². The molecule has 0 aliphatic carbocycles. The molecule has 3 aromatic rings. The first-order valence-electron chi connectivity index (χ1n) is 8.92. The smallest absolute Gasteiger partial charge is 0.324 e. The van der Waals surface area contributed by atoms with Crippen molar-refractivity contribution in [3.63, 3.8) is 0 Å². The average Bonchev–Trinajstić information content (AvgIpc) is 3.20. The Hall–Kier alpha value is -2.50. The van der Waals surface area contributed by atoms with Crippen LogP contribution >= 0.6 is 0 Å². The standard InChI is InChI=1S/C17H17F4N5O2S/c1-3-29(27,28)16-13(24-14-9(18)5-4-6-26(14)16)15-23-10-7-12(17(19,20)21)22-8-11(10)25(15)2/h7-9H,3-6H2,1-2H3. The SMILES string of the molecule is CCS(=O)(=O)c1c(-c2nc3cc(C(F)(F)F)ncc3n2C)nc2n1CCCC2F. The Morgan fingerprint density at radius 1 is 1.28 bits per heavy atom. The van der Waals surface area contributed by atoms with E-state index in [0.29, 0.717) is 13.0 Å². The maximum Gasteiger partial charge on any atom is 0.433 e. The van der Waals surface area contributed by atoms with Crippen molar-refractivity contribution < 1.29 is 26.0 Å². The van der Waals surface area contributed by atoms with Crippen LogP contribution in [0.25, 0.3) is 22.6 Å². The maximum atomic E-state index is 14.4. The fourth-order valence-corrected chi connectivity index (χ4v) is 4.75. The van der Waals surface area contributed by atoms with Gasteiger partial charge < -0.3 is 9.13 Å². The van der Waals surface area contributed by atoms with Crippen LogP contribution in [0.2, 0.25) is 0 Å². The van der Waals surface area contributed by atoms with Crippen LogP contribution in [0.5, 0.6) is 0 Å². The lowest BCUT2D eigenvalue weighted by atomic mass is 10.1. The third-order valence-electron chi connectivity index (χ3n) is 5.01. The molecule has 156 valence electrons. The van der Waals surface area contributed by atoms with Gasteiger partial charge >= 0.3 is 6.18 Å². The number of rotatable bonds is 3. The summed E-state index contributed by atoms with van der Waals surface area (Å²) in [6, 6.07) is 0.792. The first kappa shape index (κ1) is 19.8. The second kappa shape index (κ2) is 6.51. The predicted octanol–water partition coefficient (Wildman–Crippen LogP) is 3.45. The molecule has 0 radical (unpaired) electrons. The van der Waals surface area contributed by atoms with E-state index < -0.39 is 27.9 Å². The van der Waals surface area contributed by atoms with Gasteiger partial charge in [0.25, 0.3) is 0 Å². The van der Waals surface area contributed by atoms with Crippen LogP contribution in [0.15, 0.2) is 17.3 Å². The number of sulfone groups is 1. The van der Waals surface area contributed by atoms with Crippen molar-refractivity contribution in [2.75, 3.05) is 5.75 Å². The van der Waals surface area contributed by atoms with Gasteiger partial charge in [0.15, 0.2) is 26.9 Å². The summed E-state index contributed by atoms with van der Waals surface area (Å²) in [6.45, 7) is 1.75. The van der Waals surface area contributed by atoms with E-state index >= 15 is 0 Å². The normalized spacial score (nSPS) is 17.7. The molecule has 1 atom stereocenters. The summed E-state index contributed by atoms with van der Waals surface area (Å²) in [6.07, 6.45) is -4.36. The summed E-state index contributed by atoms with van der Waals surface area (Å²) >= 11 is 0. The van der Waals surface area contributed by atoms with Crippen molar-refractivity contribution in [3.05, 3.63) is 23.8 Å². The Balaban J connectivity index is 2.00. The molecule has 0 N–H and O–H groups in total. The van der Waals surface area contributed by atoms with Gasteiger partial charge in [0.1, 0.15) is 17.2 Å². The van der Waals surface area contributed by atoms with Gasteiger partial charge in [0.2, 0.25) is 0 Å². The molecule has 0 spiro atoms. The zero-order chi connectivity index (χ0) is 21.1. The Labute approximate surface area is 163 Å². The van der Waals surface area contributed by atoms with E-state index in [4.69, 9.17) is 0 Å². The molecule has 3 aromatic heterocycles. The zero-order valence-electron chi connectivity index (χ0n) is 15.5. The molecule has 29 heavy (non-hydrogen) atoms. The summed E-state index contributed by atoms with van der Waals surface area (Å²) in [5.41, 5.74) is -0.897.